The monoisotopic (exact) mass is 242 g/mol. The summed E-state index contributed by atoms with van der Waals surface area (Å²) < 4.78 is 5.67. The highest BCUT2D eigenvalue weighted by molar-refractivity contribution is 4.92. The van der Waals surface area contributed by atoms with Crippen LogP contribution in [0.3, 0.4) is 0 Å². The standard InChI is InChI=1S/C14H30N2O/c1-5-14(6-2)12-16(8-7-15-14)9-10-17-11-13(3)4/h13,15H,5-12H2,1-4H3. The SMILES string of the molecule is CCC1(CC)CN(CCOCC(C)C)CCN1. The lowest BCUT2D eigenvalue weighted by atomic mass is 9.90. The molecule has 0 aliphatic carbocycles. The van der Waals surface area contributed by atoms with Gasteiger partial charge in [0.25, 0.3) is 0 Å². The van der Waals surface area contributed by atoms with Crippen LogP contribution in [-0.4, -0.2) is 49.8 Å². The summed E-state index contributed by atoms with van der Waals surface area (Å²) in [5.74, 6) is 0.642. The molecule has 0 bridgehead atoms. The van der Waals surface area contributed by atoms with Crippen LogP contribution in [0.2, 0.25) is 0 Å². The first-order chi connectivity index (χ1) is 8.12. The molecule has 0 saturated carbocycles. The molecular formula is C14H30N2O. The maximum Gasteiger partial charge on any atom is 0.0593 e. The second-order valence-corrected chi connectivity index (χ2v) is 5.66. The van der Waals surface area contributed by atoms with E-state index in [0.29, 0.717) is 11.5 Å². The van der Waals surface area contributed by atoms with Gasteiger partial charge in [0.15, 0.2) is 0 Å². The van der Waals surface area contributed by atoms with E-state index in [1.807, 2.05) is 0 Å². The van der Waals surface area contributed by atoms with Gasteiger partial charge in [-0.05, 0) is 18.8 Å². The Morgan fingerprint density at radius 3 is 2.59 bits per heavy atom. The Labute approximate surface area is 107 Å². The summed E-state index contributed by atoms with van der Waals surface area (Å²) in [5, 5.41) is 3.69. The van der Waals surface area contributed by atoms with Crippen LogP contribution in [0.15, 0.2) is 0 Å². The van der Waals surface area contributed by atoms with Crippen molar-refractivity contribution in [2.75, 3.05) is 39.4 Å². The summed E-state index contributed by atoms with van der Waals surface area (Å²) >= 11 is 0. The largest absolute Gasteiger partial charge is 0.380 e. The van der Waals surface area contributed by atoms with Gasteiger partial charge in [0, 0.05) is 38.3 Å². The molecule has 1 heterocycles. The lowest BCUT2D eigenvalue weighted by Gasteiger charge is -2.43. The third kappa shape index (κ3) is 4.94. The summed E-state index contributed by atoms with van der Waals surface area (Å²) in [6.45, 7) is 15.3. The lowest BCUT2D eigenvalue weighted by Crippen LogP contribution is -2.60. The summed E-state index contributed by atoms with van der Waals surface area (Å²) in [5.41, 5.74) is 0.344. The zero-order chi connectivity index (χ0) is 12.7. The molecule has 1 N–H and O–H groups in total. The van der Waals surface area contributed by atoms with Crippen LogP contribution < -0.4 is 5.32 Å². The van der Waals surface area contributed by atoms with Crippen molar-refractivity contribution in [2.24, 2.45) is 5.92 Å². The van der Waals surface area contributed by atoms with Gasteiger partial charge in [-0.15, -0.1) is 0 Å². The van der Waals surface area contributed by atoms with Gasteiger partial charge < -0.3 is 10.1 Å². The van der Waals surface area contributed by atoms with Crippen LogP contribution in [-0.2, 0) is 4.74 Å². The molecule has 1 aliphatic heterocycles. The summed E-state index contributed by atoms with van der Waals surface area (Å²) in [6, 6.07) is 0. The maximum absolute atomic E-state index is 5.67. The molecular weight excluding hydrogens is 212 g/mol. The van der Waals surface area contributed by atoms with Crippen molar-refractivity contribution in [3.8, 4) is 0 Å². The van der Waals surface area contributed by atoms with Crippen molar-refractivity contribution < 1.29 is 4.74 Å². The van der Waals surface area contributed by atoms with Gasteiger partial charge in [0.1, 0.15) is 0 Å². The quantitative estimate of drug-likeness (QED) is 0.692. The zero-order valence-corrected chi connectivity index (χ0v) is 12.1. The Morgan fingerprint density at radius 1 is 1.29 bits per heavy atom. The van der Waals surface area contributed by atoms with E-state index in [4.69, 9.17) is 4.74 Å². The average molecular weight is 242 g/mol. The van der Waals surface area contributed by atoms with Crippen molar-refractivity contribution in [1.82, 2.24) is 10.2 Å². The topological polar surface area (TPSA) is 24.5 Å². The van der Waals surface area contributed by atoms with Gasteiger partial charge in [-0.2, -0.15) is 0 Å². The number of rotatable bonds is 7. The highest BCUT2D eigenvalue weighted by Crippen LogP contribution is 2.19. The Kier molecular flexibility index (Phi) is 6.45. The lowest BCUT2D eigenvalue weighted by molar-refractivity contribution is 0.0594. The van der Waals surface area contributed by atoms with Gasteiger partial charge in [-0.25, -0.2) is 0 Å². The van der Waals surface area contributed by atoms with Crippen LogP contribution >= 0.6 is 0 Å². The molecule has 0 unspecified atom stereocenters. The highest BCUT2D eigenvalue weighted by atomic mass is 16.5. The van der Waals surface area contributed by atoms with Gasteiger partial charge in [0.2, 0.25) is 0 Å². The molecule has 17 heavy (non-hydrogen) atoms. The maximum atomic E-state index is 5.67. The fourth-order valence-electron chi connectivity index (χ4n) is 2.47. The first kappa shape index (κ1) is 14.9. The molecule has 1 aliphatic rings. The van der Waals surface area contributed by atoms with E-state index in [2.05, 4.69) is 37.9 Å². The van der Waals surface area contributed by atoms with Gasteiger partial charge in [-0.1, -0.05) is 27.7 Å². The van der Waals surface area contributed by atoms with E-state index in [0.717, 1.165) is 32.8 Å². The molecule has 3 nitrogen and oxygen atoms in total. The minimum atomic E-state index is 0.344. The molecule has 0 aromatic heterocycles. The molecule has 1 fully saturated rings. The molecule has 3 heteroatoms. The fraction of sp³-hybridized carbons (Fsp3) is 1.00. The highest BCUT2D eigenvalue weighted by Gasteiger charge is 2.31. The number of ether oxygens (including phenoxy) is 1. The van der Waals surface area contributed by atoms with E-state index in [-0.39, 0.29) is 0 Å². The fourth-order valence-corrected chi connectivity index (χ4v) is 2.47. The van der Waals surface area contributed by atoms with Crippen molar-refractivity contribution in [3.63, 3.8) is 0 Å². The summed E-state index contributed by atoms with van der Waals surface area (Å²) in [6.07, 6.45) is 2.43. The first-order valence-corrected chi connectivity index (χ1v) is 7.17. The summed E-state index contributed by atoms with van der Waals surface area (Å²) in [7, 11) is 0. The molecule has 0 atom stereocenters. The van der Waals surface area contributed by atoms with Crippen LogP contribution in [0.1, 0.15) is 40.5 Å². The Bertz CT molecular complexity index is 202. The molecule has 0 aromatic carbocycles. The van der Waals surface area contributed by atoms with E-state index >= 15 is 0 Å². The average Bonchev–Trinajstić information content (AvgIpc) is 2.34. The number of hydrogen-bond donors (Lipinski definition) is 1. The molecule has 1 saturated heterocycles. The molecule has 0 radical (unpaired) electrons. The Balaban J connectivity index is 2.25. The van der Waals surface area contributed by atoms with Crippen LogP contribution in [0.25, 0.3) is 0 Å². The van der Waals surface area contributed by atoms with E-state index in [9.17, 15) is 0 Å². The third-order valence-corrected chi connectivity index (χ3v) is 3.81. The van der Waals surface area contributed by atoms with E-state index in [1.54, 1.807) is 0 Å². The van der Waals surface area contributed by atoms with Crippen molar-refractivity contribution in [3.05, 3.63) is 0 Å². The van der Waals surface area contributed by atoms with Crippen LogP contribution in [0.4, 0.5) is 0 Å². The zero-order valence-electron chi connectivity index (χ0n) is 12.1. The number of hydrogen-bond acceptors (Lipinski definition) is 3. The van der Waals surface area contributed by atoms with Gasteiger partial charge in [-0.3, -0.25) is 4.90 Å². The van der Waals surface area contributed by atoms with Crippen molar-refractivity contribution >= 4 is 0 Å². The van der Waals surface area contributed by atoms with Crippen LogP contribution in [0.5, 0.6) is 0 Å². The smallest absolute Gasteiger partial charge is 0.0593 e. The van der Waals surface area contributed by atoms with Crippen molar-refractivity contribution in [2.45, 2.75) is 46.1 Å². The minimum absolute atomic E-state index is 0.344. The predicted molar refractivity (Wildman–Crippen MR) is 73.4 cm³/mol. The molecule has 1 rings (SSSR count). The summed E-state index contributed by atoms with van der Waals surface area (Å²) in [4.78, 5) is 2.55. The van der Waals surface area contributed by atoms with E-state index in [1.165, 1.54) is 19.4 Å². The van der Waals surface area contributed by atoms with E-state index < -0.39 is 0 Å². The Morgan fingerprint density at radius 2 is 2.00 bits per heavy atom. The number of piperazine rings is 1. The molecule has 0 aromatic rings. The normalized spacial score (nSPS) is 21.0. The minimum Gasteiger partial charge on any atom is -0.380 e. The van der Waals surface area contributed by atoms with Gasteiger partial charge >= 0.3 is 0 Å². The second-order valence-electron chi connectivity index (χ2n) is 5.66. The number of nitrogens with one attached hydrogen (secondary N) is 1. The predicted octanol–water partition coefficient (Wildman–Crippen LogP) is 2.12. The van der Waals surface area contributed by atoms with Crippen molar-refractivity contribution in [1.29, 1.82) is 0 Å². The molecule has 0 amide bonds. The Hall–Kier alpha value is -0.120. The first-order valence-electron chi connectivity index (χ1n) is 7.17. The molecule has 0 spiro atoms. The molecule has 102 valence electrons. The third-order valence-electron chi connectivity index (χ3n) is 3.81. The number of nitrogens with zero attached hydrogens (tertiary/aromatic N) is 1. The van der Waals surface area contributed by atoms with Crippen LogP contribution in [0, 0.1) is 5.92 Å². The second kappa shape index (κ2) is 7.34. The van der Waals surface area contributed by atoms with Gasteiger partial charge in [0.05, 0.1) is 6.61 Å².